The maximum absolute atomic E-state index is 14.0. The quantitative estimate of drug-likeness (QED) is 0.632. The zero-order valence-electron chi connectivity index (χ0n) is 11.7. The van der Waals surface area contributed by atoms with Crippen molar-refractivity contribution in [2.75, 3.05) is 7.05 Å². The second kappa shape index (κ2) is 6.86. The lowest BCUT2D eigenvalue weighted by atomic mass is 10.1. The molecule has 0 aromatic heterocycles. The van der Waals surface area contributed by atoms with Gasteiger partial charge in [-0.1, -0.05) is 23.7 Å². The highest BCUT2D eigenvalue weighted by molar-refractivity contribution is 9.10. The van der Waals surface area contributed by atoms with E-state index < -0.39 is 11.6 Å². The molecule has 0 N–H and O–H groups in total. The second-order valence-electron chi connectivity index (χ2n) is 4.96. The van der Waals surface area contributed by atoms with Crippen LogP contribution in [0.25, 0.3) is 0 Å². The Morgan fingerprint density at radius 3 is 2.38 bits per heavy atom. The zero-order chi connectivity index (χ0) is 15.6. The van der Waals surface area contributed by atoms with Crippen LogP contribution in [0.1, 0.15) is 24.1 Å². The monoisotopic (exact) mass is 373 g/mol. The summed E-state index contributed by atoms with van der Waals surface area (Å²) in [6, 6.07) is 10.1. The molecule has 0 saturated heterocycles. The average Bonchev–Trinajstić information content (AvgIpc) is 2.47. The first-order chi connectivity index (χ1) is 9.90. The second-order valence-corrected chi connectivity index (χ2v) is 6.26. The Hall–Kier alpha value is -0.970. The summed E-state index contributed by atoms with van der Waals surface area (Å²) in [5.41, 5.74) is 1.10. The minimum absolute atomic E-state index is 0.0139. The Balaban J connectivity index is 2.20. The van der Waals surface area contributed by atoms with E-state index in [0.717, 1.165) is 5.56 Å². The first-order valence-electron chi connectivity index (χ1n) is 6.48. The fourth-order valence-corrected chi connectivity index (χ4v) is 2.59. The van der Waals surface area contributed by atoms with Crippen molar-refractivity contribution in [3.63, 3.8) is 0 Å². The van der Waals surface area contributed by atoms with E-state index in [4.69, 9.17) is 11.6 Å². The van der Waals surface area contributed by atoms with Crippen LogP contribution in [0.15, 0.2) is 40.9 Å². The van der Waals surface area contributed by atoms with Crippen molar-refractivity contribution in [1.29, 1.82) is 0 Å². The van der Waals surface area contributed by atoms with Crippen molar-refractivity contribution in [2.45, 2.75) is 19.5 Å². The van der Waals surface area contributed by atoms with Crippen LogP contribution in [0.2, 0.25) is 5.02 Å². The molecule has 21 heavy (non-hydrogen) atoms. The molecule has 2 aromatic carbocycles. The Bertz CT molecular complexity index is 631. The van der Waals surface area contributed by atoms with E-state index in [1.807, 2.05) is 43.1 Å². The largest absolute Gasteiger partial charge is 0.295 e. The molecule has 0 aliphatic heterocycles. The van der Waals surface area contributed by atoms with Crippen molar-refractivity contribution in [3.05, 3.63) is 68.7 Å². The molecule has 0 bridgehead atoms. The molecule has 0 saturated carbocycles. The van der Waals surface area contributed by atoms with Gasteiger partial charge in [0.1, 0.15) is 11.6 Å². The molecule has 0 heterocycles. The Labute approximate surface area is 136 Å². The van der Waals surface area contributed by atoms with Gasteiger partial charge in [-0.15, -0.1) is 0 Å². The number of nitrogens with zero attached hydrogens (tertiary/aromatic N) is 1. The fourth-order valence-electron chi connectivity index (χ4n) is 2.10. The van der Waals surface area contributed by atoms with Gasteiger partial charge in [0.05, 0.1) is 4.47 Å². The van der Waals surface area contributed by atoms with Gasteiger partial charge in [0, 0.05) is 23.2 Å². The van der Waals surface area contributed by atoms with Crippen molar-refractivity contribution < 1.29 is 8.78 Å². The van der Waals surface area contributed by atoms with Crippen LogP contribution in [0.4, 0.5) is 8.78 Å². The molecule has 112 valence electrons. The lowest BCUT2D eigenvalue weighted by molar-refractivity contribution is 0.245. The normalized spacial score (nSPS) is 12.7. The first-order valence-corrected chi connectivity index (χ1v) is 7.65. The van der Waals surface area contributed by atoms with Crippen LogP contribution in [0.5, 0.6) is 0 Å². The molecule has 0 radical (unpaired) electrons. The summed E-state index contributed by atoms with van der Waals surface area (Å²) in [7, 11) is 1.83. The summed E-state index contributed by atoms with van der Waals surface area (Å²) in [5, 5.41) is 0.665. The third kappa shape index (κ3) is 3.82. The minimum atomic E-state index is -0.551. The summed E-state index contributed by atoms with van der Waals surface area (Å²) in [6.45, 7) is 2.16. The van der Waals surface area contributed by atoms with Gasteiger partial charge in [-0.3, -0.25) is 4.90 Å². The highest BCUT2D eigenvalue weighted by atomic mass is 79.9. The molecule has 1 atom stereocenters. The zero-order valence-corrected chi connectivity index (χ0v) is 14.0. The highest BCUT2D eigenvalue weighted by Crippen LogP contribution is 2.26. The molecular formula is C16H15BrClF2N. The Morgan fingerprint density at radius 2 is 1.76 bits per heavy atom. The van der Waals surface area contributed by atoms with Gasteiger partial charge in [0.25, 0.3) is 0 Å². The van der Waals surface area contributed by atoms with Crippen LogP contribution < -0.4 is 0 Å². The lowest BCUT2D eigenvalue weighted by Gasteiger charge is -2.25. The highest BCUT2D eigenvalue weighted by Gasteiger charge is 2.18. The van der Waals surface area contributed by atoms with Crippen LogP contribution >= 0.6 is 27.5 Å². The fraction of sp³-hybridized carbons (Fsp3) is 0.250. The summed E-state index contributed by atoms with van der Waals surface area (Å²) in [5.74, 6) is -1.09. The summed E-state index contributed by atoms with van der Waals surface area (Å²) < 4.78 is 28.1. The van der Waals surface area contributed by atoms with Crippen LogP contribution in [-0.2, 0) is 6.54 Å². The molecule has 5 heteroatoms. The van der Waals surface area contributed by atoms with E-state index in [1.54, 1.807) is 0 Å². The summed E-state index contributed by atoms with van der Waals surface area (Å²) in [6.07, 6.45) is 0. The third-order valence-corrected chi connectivity index (χ3v) is 4.42. The molecule has 0 aliphatic carbocycles. The molecule has 0 aliphatic rings. The lowest BCUT2D eigenvalue weighted by Crippen LogP contribution is -2.23. The molecule has 2 rings (SSSR count). The predicted molar refractivity (Wildman–Crippen MR) is 85.4 cm³/mol. The number of hydrogen-bond donors (Lipinski definition) is 0. The van der Waals surface area contributed by atoms with Gasteiger partial charge in [-0.2, -0.15) is 0 Å². The SMILES string of the molecule is CC(c1ccc(Cl)cc1)N(C)Cc1c(F)ccc(Br)c1F. The molecule has 1 nitrogen and oxygen atoms in total. The number of rotatable bonds is 4. The summed E-state index contributed by atoms with van der Waals surface area (Å²) in [4.78, 5) is 1.89. The van der Waals surface area contributed by atoms with Crippen molar-refractivity contribution in [3.8, 4) is 0 Å². The van der Waals surface area contributed by atoms with E-state index in [2.05, 4.69) is 15.9 Å². The Morgan fingerprint density at radius 1 is 1.14 bits per heavy atom. The number of halogens is 4. The van der Waals surface area contributed by atoms with Gasteiger partial charge in [-0.25, -0.2) is 8.78 Å². The third-order valence-electron chi connectivity index (χ3n) is 3.56. The van der Waals surface area contributed by atoms with Gasteiger partial charge in [0.15, 0.2) is 0 Å². The van der Waals surface area contributed by atoms with E-state index in [-0.39, 0.29) is 22.6 Å². The standard InChI is InChI=1S/C16H15BrClF2N/c1-10(11-3-5-12(18)6-4-11)21(2)9-13-15(19)8-7-14(17)16(13)20/h3-8,10H,9H2,1-2H3. The predicted octanol–water partition coefficient (Wildman–Crippen LogP) is 5.57. The minimum Gasteiger partial charge on any atom is -0.295 e. The van der Waals surface area contributed by atoms with Gasteiger partial charge in [-0.05, 0) is 59.7 Å². The van der Waals surface area contributed by atoms with Gasteiger partial charge < -0.3 is 0 Å². The summed E-state index contributed by atoms with van der Waals surface area (Å²) >= 11 is 8.95. The van der Waals surface area contributed by atoms with E-state index in [1.165, 1.54) is 12.1 Å². The van der Waals surface area contributed by atoms with Gasteiger partial charge in [0.2, 0.25) is 0 Å². The maximum atomic E-state index is 14.0. The van der Waals surface area contributed by atoms with Crippen LogP contribution in [-0.4, -0.2) is 11.9 Å². The average molecular weight is 375 g/mol. The van der Waals surface area contributed by atoms with Crippen molar-refractivity contribution in [2.24, 2.45) is 0 Å². The molecule has 0 amide bonds. The van der Waals surface area contributed by atoms with Crippen LogP contribution in [0.3, 0.4) is 0 Å². The molecule has 2 aromatic rings. The van der Waals surface area contributed by atoms with Crippen molar-refractivity contribution in [1.82, 2.24) is 4.90 Å². The van der Waals surface area contributed by atoms with E-state index in [0.29, 0.717) is 5.02 Å². The van der Waals surface area contributed by atoms with E-state index >= 15 is 0 Å². The van der Waals surface area contributed by atoms with Crippen LogP contribution in [0, 0.1) is 11.6 Å². The molecular weight excluding hydrogens is 360 g/mol. The topological polar surface area (TPSA) is 3.24 Å². The van der Waals surface area contributed by atoms with Crippen molar-refractivity contribution >= 4 is 27.5 Å². The molecule has 1 unspecified atom stereocenters. The smallest absolute Gasteiger partial charge is 0.144 e. The Kier molecular flexibility index (Phi) is 5.36. The number of hydrogen-bond acceptors (Lipinski definition) is 1. The first kappa shape index (κ1) is 16.4. The molecule has 0 spiro atoms. The maximum Gasteiger partial charge on any atom is 0.144 e. The van der Waals surface area contributed by atoms with E-state index in [9.17, 15) is 8.78 Å². The van der Waals surface area contributed by atoms with Gasteiger partial charge >= 0.3 is 0 Å². The molecule has 0 fully saturated rings. The number of benzene rings is 2.